The number of rotatable bonds is 4. The highest BCUT2D eigenvalue weighted by atomic mass is 35.5. The normalized spacial score (nSPS) is 19.8. The second-order valence-corrected chi connectivity index (χ2v) is 5.05. The molecule has 1 rings (SSSR count). The van der Waals surface area contributed by atoms with Crippen LogP contribution < -0.4 is 0 Å². The zero-order chi connectivity index (χ0) is 13.0. The third-order valence-electron chi connectivity index (χ3n) is 3.25. The molecule has 4 nitrogen and oxygen atoms in total. The van der Waals surface area contributed by atoms with Gasteiger partial charge in [0, 0.05) is 32.1 Å². The Kier molecular flexibility index (Phi) is 5.25. The minimum Gasteiger partial charge on any atom is -0.338 e. The molecule has 1 saturated heterocycles. The van der Waals surface area contributed by atoms with Gasteiger partial charge in [0.2, 0.25) is 11.8 Å². The molecule has 0 aromatic heterocycles. The van der Waals surface area contributed by atoms with Crippen LogP contribution in [0.25, 0.3) is 0 Å². The molecular weight excluding hydrogens is 240 g/mol. The van der Waals surface area contributed by atoms with Crippen LogP contribution >= 0.6 is 11.6 Å². The molecule has 0 aromatic rings. The number of nitrogens with zero attached hydrogens (tertiary/aromatic N) is 2. The van der Waals surface area contributed by atoms with Gasteiger partial charge in [-0.1, -0.05) is 0 Å². The Labute approximate surface area is 108 Å². The predicted octanol–water partition coefficient (Wildman–Crippen LogP) is 1.47. The highest BCUT2D eigenvalue weighted by Crippen LogP contribution is 2.19. The summed E-state index contributed by atoms with van der Waals surface area (Å²) in [6.07, 6.45) is 1.95. The van der Waals surface area contributed by atoms with Gasteiger partial charge in [0.15, 0.2) is 0 Å². The van der Waals surface area contributed by atoms with Gasteiger partial charge in [0.05, 0.1) is 0 Å². The van der Waals surface area contributed by atoms with E-state index >= 15 is 0 Å². The van der Waals surface area contributed by atoms with E-state index in [1.807, 2.05) is 23.6 Å². The van der Waals surface area contributed by atoms with Crippen LogP contribution in [0.15, 0.2) is 0 Å². The Morgan fingerprint density at radius 2 is 2.12 bits per heavy atom. The summed E-state index contributed by atoms with van der Waals surface area (Å²) in [6.45, 7) is 6.94. The summed E-state index contributed by atoms with van der Waals surface area (Å²) in [4.78, 5) is 26.8. The maximum atomic E-state index is 11.6. The SMILES string of the molecule is CC(=O)N(CC1CCCN1C(=O)CCl)C(C)C. The van der Waals surface area contributed by atoms with Crippen LogP contribution in [0.4, 0.5) is 0 Å². The van der Waals surface area contributed by atoms with Crippen LogP contribution in [0.1, 0.15) is 33.6 Å². The Hall–Kier alpha value is -0.770. The van der Waals surface area contributed by atoms with Crippen molar-refractivity contribution in [2.45, 2.75) is 45.7 Å². The molecule has 1 atom stereocenters. The van der Waals surface area contributed by atoms with Crippen molar-refractivity contribution in [2.24, 2.45) is 0 Å². The highest BCUT2D eigenvalue weighted by Gasteiger charge is 2.30. The lowest BCUT2D eigenvalue weighted by Crippen LogP contribution is -2.47. The second-order valence-electron chi connectivity index (χ2n) is 4.78. The molecule has 0 spiro atoms. The molecule has 2 amide bonds. The number of hydrogen-bond donors (Lipinski definition) is 0. The predicted molar refractivity (Wildman–Crippen MR) is 68.0 cm³/mol. The topological polar surface area (TPSA) is 40.6 Å². The van der Waals surface area contributed by atoms with Gasteiger partial charge in [-0.25, -0.2) is 0 Å². The molecule has 1 aliphatic rings. The van der Waals surface area contributed by atoms with Crippen molar-refractivity contribution in [2.75, 3.05) is 19.0 Å². The van der Waals surface area contributed by atoms with E-state index in [2.05, 4.69) is 0 Å². The average Bonchev–Trinajstić information content (AvgIpc) is 2.71. The number of halogens is 1. The van der Waals surface area contributed by atoms with E-state index in [1.54, 1.807) is 6.92 Å². The zero-order valence-corrected chi connectivity index (χ0v) is 11.5. The van der Waals surface area contributed by atoms with Gasteiger partial charge < -0.3 is 9.80 Å². The number of hydrogen-bond acceptors (Lipinski definition) is 2. The van der Waals surface area contributed by atoms with Gasteiger partial charge in [-0.3, -0.25) is 9.59 Å². The Bertz CT molecular complexity index is 294. The van der Waals surface area contributed by atoms with Gasteiger partial charge in [0.25, 0.3) is 0 Å². The fraction of sp³-hybridized carbons (Fsp3) is 0.833. The molecule has 0 bridgehead atoms. The molecule has 0 radical (unpaired) electrons. The fourth-order valence-electron chi connectivity index (χ4n) is 2.36. The van der Waals surface area contributed by atoms with Crippen LogP contribution in [-0.4, -0.2) is 52.7 Å². The fourth-order valence-corrected chi connectivity index (χ4v) is 2.51. The van der Waals surface area contributed by atoms with Gasteiger partial charge in [0.1, 0.15) is 5.88 Å². The molecular formula is C12H21ClN2O2. The smallest absolute Gasteiger partial charge is 0.237 e. The molecule has 0 saturated carbocycles. The van der Waals surface area contributed by atoms with E-state index in [4.69, 9.17) is 11.6 Å². The average molecular weight is 261 g/mol. The van der Waals surface area contributed by atoms with Crippen LogP contribution in [0.3, 0.4) is 0 Å². The minimum atomic E-state index is -0.0265. The van der Waals surface area contributed by atoms with Gasteiger partial charge in [-0.15, -0.1) is 11.6 Å². The number of carbonyl (C=O) groups is 2. The van der Waals surface area contributed by atoms with Crippen LogP contribution in [0.5, 0.6) is 0 Å². The summed E-state index contributed by atoms with van der Waals surface area (Å²) >= 11 is 5.59. The largest absolute Gasteiger partial charge is 0.338 e. The molecule has 1 aliphatic heterocycles. The first kappa shape index (κ1) is 14.3. The van der Waals surface area contributed by atoms with Crippen molar-refractivity contribution in [1.29, 1.82) is 0 Å². The lowest BCUT2D eigenvalue weighted by molar-refractivity contribution is -0.135. The standard InChI is InChI=1S/C12H21ClN2O2/c1-9(2)15(10(3)16)8-11-5-4-6-14(11)12(17)7-13/h9,11H,4-8H2,1-3H3. The van der Waals surface area contributed by atoms with E-state index in [0.717, 1.165) is 19.4 Å². The third-order valence-corrected chi connectivity index (χ3v) is 3.48. The maximum absolute atomic E-state index is 11.6. The summed E-state index contributed by atoms with van der Waals surface area (Å²) in [5.74, 6) is 0.0599. The number of likely N-dealkylation sites (tertiary alicyclic amines) is 1. The number of alkyl halides is 1. The van der Waals surface area contributed by atoms with Crippen molar-refractivity contribution >= 4 is 23.4 Å². The van der Waals surface area contributed by atoms with Crippen molar-refractivity contribution in [3.8, 4) is 0 Å². The first-order valence-corrected chi connectivity index (χ1v) is 6.63. The molecule has 0 aliphatic carbocycles. The van der Waals surface area contributed by atoms with E-state index in [1.165, 1.54) is 0 Å². The molecule has 1 heterocycles. The van der Waals surface area contributed by atoms with E-state index in [-0.39, 0.29) is 29.8 Å². The Morgan fingerprint density at radius 1 is 1.47 bits per heavy atom. The quantitative estimate of drug-likeness (QED) is 0.719. The van der Waals surface area contributed by atoms with Crippen molar-refractivity contribution in [3.05, 3.63) is 0 Å². The van der Waals surface area contributed by atoms with Crippen molar-refractivity contribution in [3.63, 3.8) is 0 Å². The minimum absolute atomic E-state index is 0.0260. The van der Waals surface area contributed by atoms with E-state index < -0.39 is 0 Å². The van der Waals surface area contributed by atoms with Crippen molar-refractivity contribution < 1.29 is 9.59 Å². The summed E-state index contributed by atoms with van der Waals surface area (Å²) in [7, 11) is 0. The molecule has 0 N–H and O–H groups in total. The molecule has 1 unspecified atom stereocenters. The lowest BCUT2D eigenvalue weighted by atomic mass is 10.2. The molecule has 17 heavy (non-hydrogen) atoms. The first-order chi connectivity index (χ1) is 7.97. The maximum Gasteiger partial charge on any atom is 0.237 e. The molecule has 1 fully saturated rings. The van der Waals surface area contributed by atoms with Gasteiger partial charge in [-0.2, -0.15) is 0 Å². The van der Waals surface area contributed by atoms with E-state index in [0.29, 0.717) is 6.54 Å². The lowest BCUT2D eigenvalue weighted by Gasteiger charge is -2.32. The zero-order valence-electron chi connectivity index (χ0n) is 10.8. The Morgan fingerprint density at radius 3 is 2.59 bits per heavy atom. The van der Waals surface area contributed by atoms with Gasteiger partial charge >= 0.3 is 0 Å². The summed E-state index contributed by atoms with van der Waals surface area (Å²) < 4.78 is 0. The second kappa shape index (κ2) is 6.24. The third kappa shape index (κ3) is 3.60. The summed E-state index contributed by atoms with van der Waals surface area (Å²) in [5, 5.41) is 0. The highest BCUT2D eigenvalue weighted by molar-refractivity contribution is 6.27. The molecule has 0 aromatic carbocycles. The monoisotopic (exact) mass is 260 g/mol. The van der Waals surface area contributed by atoms with Crippen LogP contribution in [-0.2, 0) is 9.59 Å². The summed E-state index contributed by atoms with van der Waals surface area (Å²) in [6, 6.07) is 0.300. The van der Waals surface area contributed by atoms with Gasteiger partial charge in [-0.05, 0) is 26.7 Å². The summed E-state index contributed by atoms with van der Waals surface area (Å²) in [5.41, 5.74) is 0. The number of amides is 2. The first-order valence-electron chi connectivity index (χ1n) is 6.10. The van der Waals surface area contributed by atoms with Crippen molar-refractivity contribution in [1.82, 2.24) is 9.80 Å². The van der Waals surface area contributed by atoms with Crippen LogP contribution in [0, 0.1) is 0 Å². The van der Waals surface area contributed by atoms with Crippen LogP contribution in [0.2, 0.25) is 0 Å². The number of carbonyl (C=O) groups excluding carboxylic acids is 2. The molecule has 5 heteroatoms. The molecule has 98 valence electrons. The van der Waals surface area contributed by atoms with E-state index in [9.17, 15) is 9.59 Å². The Balaban J connectivity index is 2.65.